The van der Waals surface area contributed by atoms with E-state index < -0.39 is 0 Å². The van der Waals surface area contributed by atoms with E-state index in [0.717, 1.165) is 24.2 Å². The van der Waals surface area contributed by atoms with E-state index in [0.29, 0.717) is 43.4 Å². The van der Waals surface area contributed by atoms with Crippen LogP contribution in [0.4, 0.5) is 4.39 Å². The number of aryl methyl sites for hydroxylation is 1. The Labute approximate surface area is 181 Å². The molecule has 0 aliphatic carbocycles. The molecule has 4 rings (SSSR count). The molecule has 1 aliphatic rings. The van der Waals surface area contributed by atoms with Crippen molar-refractivity contribution in [1.29, 1.82) is 0 Å². The van der Waals surface area contributed by atoms with E-state index in [2.05, 4.69) is 10.1 Å². The number of amides is 1. The highest BCUT2D eigenvalue weighted by atomic mass is 19.1. The van der Waals surface area contributed by atoms with E-state index >= 15 is 0 Å². The third-order valence-corrected chi connectivity index (χ3v) is 5.44. The molecule has 1 unspecified atom stereocenters. The van der Waals surface area contributed by atoms with E-state index in [1.807, 2.05) is 36.1 Å². The van der Waals surface area contributed by atoms with Gasteiger partial charge in [-0.15, -0.1) is 0 Å². The van der Waals surface area contributed by atoms with Gasteiger partial charge < -0.3 is 14.2 Å². The van der Waals surface area contributed by atoms with Gasteiger partial charge in [-0.1, -0.05) is 29.4 Å². The third-order valence-electron chi connectivity index (χ3n) is 5.44. The Morgan fingerprint density at radius 1 is 1.26 bits per heavy atom. The van der Waals surface area contributed by atoms with Crippen LogP contribution < -0.4 is 4.74 Å². The maximum absolute atomic E-state index is 13.4. The summed E-state index contributed by atoms with van der Waals surface area (Å²) in [5.41, 5.74) is 1.83. The number of likely N-dealkylation sites (tertiary alicyclic amines) is 1. The van der Waals surface area contributed by atoms with Gasteiger partial charge in [0.2, 0.25) is 11.8 Å². The largest absolute Gasteiger partial charge is 0.493 e. The van der Waals surface area contributed by atoms with Crippen LogP contribution in [0.15, 0.2) is 53.1 Å². The molecule has 7 heteroatoms. The summed E-state index contributed by atoms with van der Waals surface area (Å²) in [7, 11) is 0. The van der Waals surface area contributed by atoms with Crippen LogP contribution in [-0.2, 0) is 17.6 Å². The van der Waals surface area contributed by atoms with Gasteiger partial charge in [-0.25, -0.2) is 4.39 Å². The van der Waals surface area contributed by atoms with Gasteiger partial charge in [-0.3, -0.25) is 4.79 Å². The first-order valence-corrected chi connectivity index (χ1v) is 10.6. The van der Waals surface area contributed by atoms with E-state index in [4.69, 9.17) is 9.26 Å². The highest BCUT2D eigenvalue weighted by Gasteiger charge is 2.28. The maximum Gasteiger partial charge on any atom is 0.231 e. The fraction of sp³-hybridized carbons (Fsp3) is 0.375. The number of carbonyl (C=O) groups is 1. The minimum Gasteiger partial charge on any atom is -0.493 e. The molecule has 1 fully saturated rings. The molecule has 0 N–H and O–H groups in total. The standard InChI is InChI=1S/C24H26FN3O3/c1-17-5-2-9-21(13-17)30-12-10-22-26-24(31-27-22)19-7-4-11-28(16-19)23(29)15-18-6-3-8-20(25)14-18/h2-3,5-6,8-9,13-14,19H,4,7,10-12,15-16H2,1H3. The van der Waals surface area contributed by atoms with Crippen LogP contribution in [-0.4, -0.2) is 40.6 Å². The average molecular weight is 423 g/mol. The quantitative estimate of drug-likeness (QED) is 0.573. The summed E-state index contributed by atoms with van der Waals surface area (Å²) in [6.07, 6.45) is 2.50. The molecule has 0 bridgehead atoms. The number of piperidine rings is 1. The smallest absolute Gasteiger partial charge is 0.231 e. The van der Waals surface area contributed by atoms with Crippen molar-refractivity contribution in [2.24, 2.45) is 0 Å². The summed E-state index contributed by atoms with van der Waals surface area (Å²) >= 11 is 0. The van der Waals surface area contributed by atoms with Crippen LogP contribution >= 0.6 is 0 Å². The number of nitrogens with zero attached hydrogens (tertiary/aromatic N) is 3. The normalized spacial score (nSPS) is 16.3. The third kappa shape index (κ3) is 5.69. The number of carbonyl (C=O) groups excluding carboxylic acids is 1. The Balaban J connectivity index is 1.30. The molecule has 2 aromatic carbocycles. The van der Waals surface area contributed by atoms with Crippen molar-refractivity contribution in [3.05, 3.63) is 77.2 Å². The van der Waals surface area contributed by atoms with Gasteiger partial charge in [0.05, 0.1) is 18.9 Å². The predicted molar refractivity (Wildman–Crippen MR) is 113 cm³/mol. The topological polar surface area (TPSA) is 68.5 Å². The second kappa shape index (κ2) is 9.73. The van der Waals surface area contributed by atoms with Crippen LogP contribution in [0.1, 0.15) is 41.6 Å². The molecular weight excluding hydrogens is 397 g/mol. The summed E-state index contributed by atoms with van der Waals surface area (Å²) in [5, 5.41) is 4.08. The zero-order chi connectivity index (χ0) is 21.6. The van der Waals surface area contributed by atoms with Gasteiger partial charge in [0.1, 0.15) is 11.6 Å². The van der Waals surface area contributed by atoms with E-state index in [1.54, 1.807) is 12.1 Å². The second-order valence-electron chi connectivity index (χ2n) is 7.95. The Morgan fingerprint density at radius 2 is 2.13 bits per heavy atom. The number of aromatic nitrogens is 2. The first-order chi connectivity index (χ1) is 15.1. The minimum atomic E-state index is -0.327. The second-order valence-corrected chi connectivity index (χ2v) is 7.95. The molecule has 2 heterocycles. The molecule has 3 aromatic rings. The molecule has 1 atom stereocenters. The number of hydrogen-bond acceptors (Lipinski definition) is 5. The number of halogens is 1. The molecule has 1 aromatic heterocycles. The zero-order valence-corrected chi connectivity index (χ0v) is 17.6. The molecule has 162 valence electrons. The van der Waals surface area contributed by atoms with Gasteiger partial charge in [0.25, 0.3) is 0 Å². The summed E-state index contributed by atoms with van der Waals surface area (Å²) in [4.78, 5) is 19.0. The lowest BCUT2D eigenvalue weighted by molar-refractivity contribution is -0.131. The monoisotopic (exact) mass is 423 g/mol. The average Bonchev–Trinajstić information content (AvgIpc) is 3.23. The van der Waals surface area contributed by atoms with E-state index in [9.17, 15) is 9.18 Å². The summed E-state index contributed by atoms with van der Waals surface area (Å²) < 4.78 is 24.6. The lowest BCUT2D eigenvalue weighted by Gasteiger charge is -2.31. The Kier molecular flexibility index (Phi) is 6.60. The Hall–Kier alpha value is -3.22. The first-order valence-electron chi connectivity index (χ1n) is 10.6. The first kappa shape index (κ1) is 21.0. The molecule has 0 radical (unpaired) electrons. The SMILES string of the molecule is Cc1cccc(OCCc2noc(C3CCCN(C(=O)Cc4cccc(F)c4)C3)n2)c1. The minimum absolute atomic E-state index is 0.0124. The van der Waals surface area contributed by atoms with E-state index in [1.165, 1.54) is 12.1 Å². The van der Waals surface area contributed by atoms with Gasteiger partial charge in [-0.05, 0) is 55.2 Å². The lowest BCUT2D eigenvalue weighted by atomic mass is 9.97. The highest BCUT2D eigenvalue weighted by Crippen LogP contribution is 2.26. The number of hydrogen-bond donors (Lipinski definition) is 0. The van der Waals surface area contributed by atoms with Crippen LogP contribution in [0.5, 0.6) is 5.75 Å². The Morgan fingerprint density at radius 3 is 2.97 bits per heavy atom. The van der Waals surface area contributed by atoms with Crippen molar-refractivity contribution >= 4 is 5.91 Å². The molecule has 6 nitrogen and oxygen atoms in total. The van der Waals surface area contributed by atoms with Crippen LogP contribution in [0.2, 0.25) is 0 Å². The molecule has 31 heavy (non-hydrogen) atoms. The zero-order valence-electron chi connectivity index (χ0n) is 17.6. The molecule has 0 spiro atoms. The number of rotatable bonds is 7. The summed E-state index contributed by atoms with van der Waals surface area (Å²) in [5.74, 6) is 1.67. The molecule has 1 amide bonds. The van der Waals surface area contributed by atoms with Gasteiger partial charge in [0.15, 0.2) is 5.82 Å². The van der Waals surface area contributed by atoms with Crippen molar-refractivity contribution < 1.29 is 18.4 Å². The number of ether oxygens (including phenoxy) is 1. The lowest BCUT2D eigenvalue weighted by Crippen LogP contribution is -2.40. The van der Waals surface area contributed by atoms with Crippen LogP contribution in [0.25, 0.3) is 0 Å². The predicted octanol–water partition coefficient (Wildman–Crippen LogP) is 4.09. The van der Waals surface area contributed by atoms with Crippen LogP contribution in [0.3, 0.4) is 0 Å². The molecular formula is C24H26FN3O3. The highest BCUT2D eigenvalue weighted by molar-refractivity contribution is 5.79. The van der Waals surface area contributed by atoms with Crippen molar-refractivity contribution in [3.8, 4) is 5.75 Å². The van der Waals surface area contributed by atoms with Crippen molar-refractivity contribution in [1.82, 2.24) is 15.0 Å². The van der Waals surface area contributed by atoms with Crippen molar-refractivity contribution in [2.45, 2.75) is 38.5 Å². The fourth-order valence-electron chi connectivity index (χ4n) is 3.84. The molecule has 1 aliphatic heterocycles. The summed E-state index contributed by atoms with van der Waals surface area (Å²) in [6, 6.07) is 14.1. The van der Waals surface area contributed by atoms with Crippen molar-refractivity contribution in [3.63, 3.8) is 0 Å². The Bertz CT molecular complexity index is 1040. The molecule has 1 saturated heterocycles. The number of benzene rings is 2. The van der Waals surface area contributed by atoms with Gasteiger partial charge >= 0.3 is 0 Å². The van der Waals surface area contributed by atoms with Crippen LogP contribution in [0, 0.1) is 12.7 Å². The molecule has 0 saturated carbocycles. The maximum atomic E-state index is 13.4. The van der Waals surface area contributed by atoms with Gasteiger partial charge in [0, 0.05) is 19.5 Å². The van der Waals surface area contributed by atoms with E-state index in [-0.39, 0.29) is 24.1 Å². The summed E-state index contributed by atoms with van der Waals surface area (Å²) in [6.45, 7) is 3.71. The van der Waals surface area contributed by atoms with Gasteiger partial charge in [-0.2, -0.15) is 4.98 Å². The van der Waals surface area contributed by atoms with Crippen molar-refractivity contribution in [2.75, 3.05) is 19.7 Å². The fourth-order valence-corrected chi connectivity index (χ4v) is 3.84.